The molecule has 0 fully saturated rings. The SMILES string of the molecule is C=C(C)/C=C(Nc1ccccc1C(N)=O)\C(=C/C)C(=O)NC. The molecule has 1 aromatic carbocycles. The summed E-state index contributed by atoms with van der Waals surface area (Å²) in [6.45, 7) is 7.41. The molecular weight excluding hydrogens is 278 g/mol. The second-order valence-electron chi connectivity index (χ2n) is 4.72. The van der Waals surface area contributed by atoms with Crippen LogP contribution < -0.4 is 16.4 Å². The zero-order valence-electron chi connectivity index (χ0n) is 13.1. The van der Waals surface area contributed by atoms with Gasteiger partial charge in [-0.2, -0.15) is 0 Å². The number of nitrogens with two attached hydrogens (primary N) is 1. The monoisotopic (exact) mass is 299 g/mol. The van der Waals surface area contributed by atoms with Gasteiger partial charge in [0.05, 0.1) is 22.5 Å². The van der Waals surface area contributed by atoms with E-state index in [0.717, 1.165) is 5.57 Å². The number of para-hydroxylation sites is 1. The first-order valence-electron chi connectivity index (χ1n) is 6.82. The van der Waals surface area contributed by atoms with E-state index in [1.807, 2.05) is 6.92 Å². The Morgan fingerprint density at radius 3 is 2.41 bits per heavy atom. The predicted octanol–water partition coefficient (Wildman–Crippen LogP) is 2.35. The molecule has 0 bridgehead atoms. The van der Waals surface area contributed by atoms with Gasteiger partial charge in [0, 0.05) is 7.05 Å². The Kier molecular flexibility index (Phi) is 6.13. The fraction of sp³-hybridized carbons (Fsp3) is 0.176. The molecule has 0 spiro atoms. The number of carbonyl (C=O) groups excluding carboxylic acids is 2. The van der Waals surface area contributed by atoms with Gasteiger partial charge in [0.2, 0.25) is 0 Å². The van der Waals surface area contributed by atoms with E-state index in [1.165, 1.54) is 0 Å². The molecule has 2 amide bonds. The van der Waals surface area contributed by atoms with Crippen LogP contribution in [0, 0.1) is 0 Å². The lowest BCUT2D eigenvalue weighted by Crippen LogP contribution is -2.24. The molecule has 0 radical (unpaired) electrons. The summed E-state index contributed by atoms with van der Waals surface area (Å²) >= 11 is 0. The maximum atomic E-state index is 12.0. The number of hydrogen-bond acceptors (Lipinski definition) is 3. The summed E-state index contributed by atoms with van der Waals surface area (Å²) in [5, 5.41) is 5.68. The number of carbonyl (C=O) groups is 2. The third-order valence-electron chi connectivity index (χ3n) is 2.90. The Morgan fingerprint density at radius 2 is 1.91 bits per heavy atom. The number of amides is 2. The quantitative estimate of drug-likeness (QED) is 0.557. The van der Waals surface area contributed by atoms with E-state index in [0.29, 0.717) is 22.5 Å². The predicted molar refractivity (Wildman–Crippen MR) is 89.3 cm³/mol. The third kappa shape index (κ3) is 4.34. The van der Waals surface area contributed by atoms with Crippen LogP contribution in [-0.2, 0) is 4.79 Å². The summed E-state index contributed by atoms with van der Waals surface area (Å²) in [6.07, 6.45) is 3.43. The molecule has 0 saturated carbocycles. The summed E-state index contributed by atoms with van der Waals surface area (Å²) < 4.78 is 0. The van der Waals surface area contributed by atoms with Crippen LogP contribution in [0.5, 0.6) is 0 Å². The second kappa shape index (κ2) is 7.83. The number of rotatable bonds is 6. The molecule has 0 aliphatic heterocycles. The minimum absolute atomic E-state index is 0.237. The van der Waals surface area contributed by atoms with Crippen molar-refractivity contribution in [3.63, 3.8) is 0 Å². The van der Waals surface area contributed by atoms with Crippen molar-refractivity contribution in [3.05, 3.63) is 65.4 Å². The van der Waals surface area contributed by atoms with Gasteiger partial charge >= 0.3 is 0 Å². The molecule has 0 aliphatic rings. The Balaban J connectivity index is 3.30. The molecule has 1 aromatic rings. The van der Waals surface area contributed by atoms with Gasteiger partial charge in [-0.05, 0) is 32.1 Å². The smallest absolute Gasteiger partial charge is 0.252 e. The molecule has 22 heavy (non-hydrogen) atoms. The van der Waals surface area contributed by atoms with Gasteiger partial charge in [-0.25, -0.2) is 0 Å². The van der Waals surface area contributed by atoms with Crippen molar-refractivity contribution in [2.45, 2.75) is 13.8 Å². The Hall–Kier alpha value is -2.82. The number of anilines is 1. The molecular formula is C17H21N3O2. The standard InChI is InChI=1S/C17H21N3O2/c1-5-12(17(22)19-4)15(10-11(2)3)20-14-9-7-6-8-13(14)16(18)21/h5-10,20H,2H2,1,3-4H3,(H2,18,21)(H,19,22)/b12-5+,15-10+. The maximum absolute atomic E-state index is 12.0. The third-order valence-corrected chi connectivity index (χ3v) is 2.90. The fourth-order valence-electron chi connectivity index (χ4n) is 1.92. The first kappa shape index (κ1) is 17.2. The molecule has 0 aliphatic carbocycles. The van der Waals surface area contributed by atoms with E-state index in [4.69, 9.17) is 5.73 Å². The van der Waals surface area contributed by atoms with Crippen LogP contribution in [0.15, 0.2) is 59.8 Å². The number of hydrogen-bond donors (Lipinski definition) is 3. The molecule has 0 unspecified atom stereocenters. The van der Waals surface area contributed by atoms with Crippen molar-refractivity contribution < 1.29 is 9.59 Å². The van der Waals surface area contributed by atoms with Crippen molar-refractivity contribution in [1.29, 1.82) is 0 Å². The van der Waals surface area contributed by atoms with Crippen molar-refractivity contribution in [1.82, 2.24) is 5.32 Å². The van der Waals surface area contributed by atoms with Gasteiger partial charge in [-0.15, -0.1) is 0 Å². The Morgan fingerprint density at radius 1 is 1.27 bits per heavy atom. The van der Waals surface area contributed by atoms with Crippen molar-refractivity contribution in [2.24, 2.45) is 5.73 Å². The number of allylic oxidation sites excluding steroid dienone is 3. The van der Waals surface area contributed by atoms with E-state index >= 15 is 0 Å². The molecule has 0 saturated heterocycles. The highest BCUT2D eigenvalue weighted by molar-refractivity contribution is 6.01. The fourth-order valence-corrected chi connectivity index (χ4v) is 1.92. The van der Waals surface area contributed by atoms with Crippen molar-refractivity contribution in [3.8, 4) is 0 Å². The number of nitrogens with one attached hydrogen (secondary N) is 2. The molecule has 0 aromatic heterocycles. The van der Waals surface area contributed by atoms with Gasteiger partial charge in [-0.1, -0.05) is 30.4 Å². The van der Waals surface area contributed by atoms with Crippen LogP contribution in [0.4, 0.5) is 5.69 Å². The molecule has 5 heteroatoms. The zero-order valence-corrected chi connectivity index (χ0v) is 13.1. The van der Waals surface area contributed by atoms with Crippen LogP contribution in [0.2, 0.25) is 0 Å². The summed E-state index contributed by atoms with van der Waals surface area (Å²) in [6, 6.07) is 6.85. The van der Waals surface area contributed by atoms with Crippen LogP contribution in [0.3, 0.4) is 0 Å². The Bertz CT molecular complexity index is 658. The highest BCUT2D eigenvalue weighted by Crippen LogP contribution is 2.21. The van der Waals surface area contributed by atoms with E-state index in [1.54, 1.807) is 50.4 Å². The number of benzene rings is 1. The van der Waals surface area contributed by atoms with Crippen molar-refractivity contribution >= 4 is 17.5 Å². The van der Waals surface area contributed by atoms with Crippen LogP contribution in [0.25, 0.3) is 0 Å². The average molecular weight is 299 g/mol. The molecule has 4 N–H and O–H groups in total. The summed E-state index contributed by atoms with van der Waals surface area (Å²) in [5.74, 6) is -0.779. The average Bonchev–Trinajstić information content (AvgIpc) is 2.47. The van der Waals surface area contributed by atoms with Gasteiger partial charge in [0.25, 0.3) is 11.8 Å². The summed E-state index contributed by atoms with van der Waals surface area (Å²) in [7, 11) is 1.56. The summed E-state index contributed by atoms with van der Waals surface area (Å²) in [5.41, 5.74) is 8.02. The lowest BCUT2D eigenvalue weighted by Gasteiger charge is -2.16. The normalized spacial score (nSPS) is 11.8. The Labute approximate surface area is 130 Å². The maximum Gasteiger partial charge on any atom is 0.252 e. The number of likely N-dealkylation sites (N-methyl/N-ethyl adjacent to an activating group) is 1. The molecule has 1 rings (SSSR count). The van der Waals surface area contributed by atoms with Gasteiger partial charge < -0.3 is 16.4 Å². The first-order chi connectivity index (χ1) is 10.4. The highest BCUT2D eigenvalue weighted by atomic mass is 16.2. The molecule has 0 atom stereocenters. The molecule has 0 heterocycles. The minimum atomic E-state index is -0.542. The largest absolute Gasteiger partial charge is 0.366 e. The van der Waals surface area contributed by atoms with E-state index in [-0.39, 0.29) is 5.91 Å². The van der Waals surface area contributed by atoms with E-state index < -0.39 is 5.91 Å². The number of primary amides is 1. The highest BCUT2D eigenvalue weighted by Gasteiger charge is 2.15. The minimum Gasteiger partial charge on any atom is -0.366 e. The second-order valence-corrected chi connectivity index (χ2v) is 4.72. The lowest BCUT2D eigenvalue weighted by atomic mass is 10.1. The van der Waals surface area contributed by atoms with Crippen molar-refractivity contribution in [2.75, 3.05) is 12.4 Å². The summed E-state index contributed by atoms with van der Waals surface area (Å²) in [4.78, 5) is 23.5. The van der Waals surface area contributed by atoms with Crippen LogP contribution in [0.1, 0.15) is 24.2 Å². The van der Waals surface area contributed by atoms with Gasteiger partial charge in [-0.3, -0.25) is 9.59 Å². The van der Waals surface area contributed by atoms with Gasteiger partial charge in [0.1, 0.15) is 0 Å². The van der Waals surface area contributed by atoms with Gasteiger partial charge in [0.15, 0.2) is 0 Å². The lowest BCUT2D eigenvalue weighted by molar-refractivity contribution is -0.116. The topological polar surface area (TPSA) is 84.2 Å². The van der Waals surface area contributed by atoms with Crippen LogP contribution >= 0.6 is 0 Å². The van der Waals surface area contributed by atoms with Crippen LogP contribution in [-0.4, -0.2) is 18.9 Å². The van der Waals surface area contributed by atoms with E-state index in [2.05, 4.69) is 17.2 Å². The van der Waals surface area contributed by atoms with E-state index in [9.17, 15) is 9.59 Å². The zero-order chi connectivity index (χ0) is 16.7. The molecule has 5 nitrogen and oxygen atoms in total. The molecule has 116 valence electrons. The first-order valence-corrected chi connectivity index (χ1v) is 6.82.